The molecule has 0 atom stereocenters. The number of nitrogens with two attached hydrogens (primary N) is 1. The van der Waals surface area contributed by atoms with Gasteiger partial charge in [0, 0.05) is 6.20 Å². The summed E-state index contributed by atoms with van der Waals surface area (Å²) in [6, 6.07) is 3.73. The van der Waals surface area contributed by atoms with Gasteiger partial charge in [0.15, 0.2) is 16.6 Å². The lowest BCUT2D eigenvalue weighted by molar-refractivity contribution is 1.02. The van der Waals surface area contributed by atoms with E-state index in [0.29, 0.717) is 17.2 Å². The van der Waals surface area contributed by atoms with Crippen LogP contribution in [-0.2, 0) is 0 Å². The van der Waals surface area contributed by atoms with E-state index in [9.17, 15) is 0 Å². The molecular weight excluding hydrogens is 224 g/mol. The Bertz CT molecular complexity index is 525. The highest BCUT2D eigenvalue weighted by molar-refractivity contribution is 7.80. The lowest BCUT2D eigenvalue weighted by Gasteiger charge is -1.97. The Morgan fingerprint density at radius 2 is 2.44 bits per heavy atom. The number of imidazole rings is 1. The first-order valence-electron chi connectivity index (χ1n) is 4.57. The van der Waals surface area contributed by atoms with Crippen LogP contribution in [0.3, 0.4) is 0 Å². The minimum atomic E-state index is 0.119. The van der Waals surface area contributed by atoms with Gasteiger partial charge in [-0.2, -0.15) is 5.10 Å². The van der Waals surface area contributed by atoms with Crippen LogP contribution in [0, 0.1) is 0 Å². The largest absolute Gasteiger partial charge is 0.375 e. The summed E-state index contributed by atoms with van der Waals surface area (Å²) >= 11 is 4.64. The maximum atomic E-state index is 5.26. The van der Waals surface area contributed by atoms with Gasteiger partial charge in [0.2, 0.25) is 0 Å². The second kappa shape index (κ2) is 4.23. The number of hydrogen-bond acceptors (Lipinski definition) is 4. The fraction of sp³-hybridized carbons (Fsp3) is 0.111. The molecule has 2 aromatic heterocycles. The number of nitrogens with zero attached hydrogens (tertiary/aromatic N) is 3. The summed E-state index contributed by atoms with van der Waals surface area (Å²) in [6.07, 6.45) is 1.69. The number of hydrogen-bond donors (Lipinski definition) is 3. The monoisotopic (exact) mass is 234 g/mol. The Balaban J connectivity index is 2.33. The molecule has 2 heterocycles. The Morgan fingerprint density at radius 1 is 1.62 bits per heavy atom. The number of pyridine rings is 1. The van der Waals surface area contributed by atoms with Crippen molar-refractivity contribution in [2.75, 3.05) is 0 Å². The number of nitrogens with one attached hydrogen (secondary N) is 2. The molecule has 82 valence electrons. The van der Waals surface area contributed by atoms with E-state index >= 15 is 0 Å². The number of fused-ring (bicyclic) bond motifs is 1. The second-order valence-electron chi connectivity index (χ2n) is 3.13. The van der Waals surface area contributed by atoms with Crippen LogP contribution in [0.1, 0.15) is 12.7 Å². The summed E-state index contributed by atoms with van der Waals surface area (Å²) < 4.78 is 0. The molecule has 0 saturated carbocycles. The van der Waals surface area contributed by atoms with Gasteiger partial charge in [0.1, 0.15) is 5.71 Å². The van der Waals surface area contributed by atoms with Gasteiger partial charge in [-0.05, 0) is 31.3 Å². The number of aromatic amines is 1. The number of hydrazone groups is 1. The van der Waals surface area contributed by atoms with Gasteiger partial charge in [-0.15, -0.1) is 0 Å². The summed E-state index contributed by atoms with van der Waals surface area (Å²) in [5.74, 6) is 0.637. The molecule has 4 N–H and O–H groups in total. The van der Waals surface area contributed by atoms with Crippen LogP contribution < -0.4 is 11.2 Å². The van der Waals surface area contributed by atoms with E-state index in [4.69, 9.17) is 5.73 Å². The van der Waals surface area contributed by atoms with Crippen LogP contribution in [0.5, 0.6) is 0 Å². The molecule has 0 saturated heterocycles. The highest BCUT2D eigenvalue weighted by Gasteiger charge is 2.05. The zero-order chi connectivity index (χ0) is 11.5. The van der Waals surface area contributed by atoms with Crippen LogP contribution in [0.15, 0.2) is 23.4 Å². The van der Waals surface area contributed by atoms with E-state index < -0.39 is 0 Å². The fourth-order valence-electron chi connectivity index (χ4n) is 1.21. The van der Waals surface area contributed by atoms with E-state index in [0.717, 1.165) is 5.52 Å². The van der Waals surface area contributed by atoms with Crippen LogP contribution in [0.2, 0.25) is 0 Å². The molecule has 0 aliphatic carbocycles. The molecule has 0 fully saturated rings. The quantitative estimate of drug-likeness (QED) is 0.400. The molecule has 0 unspecified atom stereocenters. The smallest absolute Gasteiger partial charge is 0.184 e. The molecule has 0 aliphatic rings. The molecule has 0 bridgehead atoms. The number of aromatic nitrogens is 3. The first kappa shape index (κ1) is 10.5. The molecule has 6 nitrogen and oxygen atoms in total. The molecule has 16 heavy (non-hydrogen) atoms. The minimum absolute atomic E-state index is 0.119. The molecule has 0 aliphatic heterocycles. The third-order valence-electron chi connectivity index (χ3n) is 1.93. The first-order chi connectivity index (χ1) is 7.66. The van der Waals surface area contributed by atoms with Crippen molar-refractivity contribution in [2.45, 2.75) is 6.92 Å². The number of rotatable bonds is 2. The maximum Gasteiger partial charge on any atom is 0.184 e. The Kier molecular flexibility index (Phi) is 2.78. The van der Waals surface area contributed by atoms with Crippen molar-refractivity contribution in [3.8, 4) is 0 Å². The molecule has 0 amide bonds. The predicted molar refractivity (Wildman–Crippen MR) is 66.0 cm³/mol. The van der Waals surface area contributed by atoms with Crippen LogP contribution in [0.25, 0.3) is 11.2 Å². The van der Waals surface area contributed by atoms with Crippen molar-refractivity contribution in [1.29, 1.82) is 0 Å². The van der Waals surface area contributed by atoms with Gasteiger partial charge < -0.3 is 10.7 Å². The third-order valence-corrected chi connectivity index (χ3v) is 2.03. The van der Waals surface area contributed by atoms with Gasteiger partial charge in [-0.3, -0.25) is 5.43 Å². The summed E-state index contributed by atoms with van der Waals surface area (Å²) in [5.41, 5.74) is 9.95. The van der Waals surface area contributed by atoms with Crippen molar-refractivity contribution >= 4 is 34.2 Å². The summed E-state index contributed by atoms with van der Waals surface area (Å²) in [5, 5.41) is 4.09. The predicted octanol–water partition coefficient (Wildman–Crippen LogP) is 0.515. The molecular formula is C9H10N6S. The fourth-order valence-corrected chi connectivity index (χ4v) is 1.25. The molecule has 0 radical (unpaired) electrons. The first-order valence-corrected chi connectivity index (χ1v) is 4.98. The van der Waals surface area contributed by atoms with Gasteiger partial charge in [-0.25, -0.2) is 9.97 Å². The van der Waals surface area contributed by atoms with Gasteiger partial charge in [0.05, 0.1) is 5.52 Å². The zero-order valence-corrected chi connectivity index (χ0v) is 9.38. The zero-order valence-electron chi connectivity index (χ0n) is 8.56. The summed E-state index contributed by atoms with van der Waals surface area (Å²) in [6.45, 7) is 1.79. The van der Waals surface area contributed by atoms with Gasteiger partial charge in [-0.1, -0.05) is 0 Å². The second-order valence-corrected chi connectivity index (χ2v) is 3.57. The average Bonchev–Trinajstić information content (AvgIpc) is 2.69. The summed E-state index contributed by atoms with van der Waals surface area (Å²) in [4.78, 5) is 11.5. The Hall–Kier alpha value is -2.02. The van der Waals surface area contributed by atoms with E-state index in [1.807, 2.05) is 12.1 Å². The topological polar surface area (TPSA) is 92.0 Å². The lowest BCUT2D eigenvalue weighted by atomic mass is 10.4. The average molecular weight is 234 g/mol. The number of H-pyrrole nitrogens is 1. The van der Waals surface area contributed by atoms with Crippen molar-refractivity contribution in [3.05, 3.63) is 24.2 Å². The Labute approximate surface area is 97.0 Å². The SMILES string of the molecule is CC(=NNC(N)=S)c1nc2ncccc2[nH]1. The normalized spacial score (nSPS) is 11.7. The number of thiocarbonyl (C=S) groups is 1. The highest BCUT2D eigenvalue weighted by atomic mass is 32.1. The molecule has 0 spiro atoms. The van der Waals surface area contributed by atoms with Crippen molar-refractivity contribution in [3.63, 3.8) is 0 Å². The van der Waals surface area contributed by atoms with Gasteiger partial charge in [0.25, 0.3) is 0 Å². The van der Waals surface area contributed by atoms with Crippen LogP contribution in [0.4, 0.5) is 0 Å². The minimum Gasteiger partial charge on any atom is -0.375 e. The van der Waals surface area contributed by atoms with E-state index in [1.54, 1.807) is 13.1 Å². The van der Waals surface area contributed by atoms with E-state index in [-0.39, 0.29) is 5.11 Å². The Morgan fingerprint density at radius 3 is 3.12 bits per heavy atom. The molecule has 0 aromatic carbocycles. The molecule has 2 rings (SSSR count). The van der Waals surface area contributed by atoms with Gasteiger partial charge >= 0.3 is 0 Å². The van der Waals surface area contributed by atoms with Crippen LogP contribution in [-0.4, -0.2) is 25.8 Å². The van der Waals surface area contributed by atoms with E-state index in [1.165, 1.54) is 0 Å². The van der Waals surface area contributed by atoms with Crippen molar-refractivity contribution in [1.82, 2.24) is 20.4 Å². The van der Waals surface area contributed by atoms with E-state index in [2.05, 4.69) is 37.7 Å². The molecule has 7 heteroatoms. The lowest BCUT2D eigenvalue weighted by Crippen LogP contribution is -2.25. The van der Waals surface area contributed by atoms with Crippen molar-refractivity contribution < 1.29 is 0 Å². The standard InChI is InChI=1S/C9H10N6S/c1-5(14-15-9(10)16)7-12-6-3-2-4-11-8(6)13-7/h2-4H,1H3,(H3,10,15,16)(H,11,12,13). The third kappa shape index (κ3) is 2.14. The van der Waals surface area contributed by atoms with Crippen LogP contribution >= 0.6 is 12.2 Å². The summed E-state index contributed by atoms with van der Waals surface area (Å²) in [7, 11) is 0. The molecule has 2 aromatic rings. The van der Waals surface area contributed by atoms with Crippen molar-refractivity contribution in [2.24, 2.45) is 10.8 Å². The maximum absolute atomic E-state index is 5.26. The highest BCUT2D eigenvalue weighted by Crippen LogP contribution is 2.07.